The van der Waals surface area contributed by atoms with Crippen molar-refractivity contribution in [2.24, 2.45) is 5.92 Å². The van der Waals surface area contributed by atoms with E-state index in [1.165, 1.54) is 10.5 Å². The number of hydrogen-bond acceptors (Lipinski definition) is 3. The van der Waals surface area contributed by atoms with Crippen LogP contribution < -0.4 is 5.32 Å². The zero-order chi connectivity index (χ0) is 13.5. The molecule has 1 aromatic rings. The maximum atomic E-state index is 9.09. The van der Waals surface area contributed by atoms with Crippen molar-refractivity contribution in [3.05, 3.63) is 29.8 Å². The molecule has 0 saturated heterocycles. The van der Waals surface area contributed by atoms with E-state index in [9.17, 15) is 0 Å². The van der Waals surface area contributed by atoms with Crippen LogP contribution >= 0.6 is 11.8 Å². The summed E-state index contributed by atoms with van der Waals surface area (Å²) in [6, 6.07) is 9.37. The molecule has 0 fully saturated rings. The van der Waals surface area contributed by atoms with E-state index in [4.69, 9.17) is 5.11 Å². The van der Waals surface area contributed by atoms with Crippen LogP contribution in [0, 0.1) is 5.92 Å². The number of nitrogens with one attached hydrogen (secondary N) is 1. The number of hydrogen-bond donors (Lipinski definition) is 2. The van der Waals surface area contributed by atoms with E-state index in [1.807, 2.05) is 0 Å². The van der Waals surface area contributed by atoms with Gasteiger partial charge in [0.1, 0.15) is 0 Å². The molecule has 102 valence electrons. The van der Waals surface area contributed by atoms with Crippen LogP contribution in [0.25, 0.3) is 0 Å². The molecular weight excluding hydrogens is 242 g/mol. The average molecular weight is 267 g/mol. The fraction of sp³-hybridized carbons (Fsp3) is 0.600. The first-order chi connectivity index (χ1) is 8.58. The van der Waals surface area contributed by atoms with E-state index < -0.39 is 0 Å². The van der Waals surface area contributed by atoms with Gasteiger partial charge in [-0.1, -0.05) is 26.0 Å². The number of rotatable bonds is 7. The lowest BCUT2D eigenvalue weighted by molar-refractivity contribution is 0.237. The van der Waals surface area contributed by atoms with Gasteiger partial charge in [-0.2, -0.15) is 0 Å². The van der Waals surface area contributed by atoms with Gasteiger partial charge in [-0.15, -0.1) is 11.8 Å². The van der Waals surface area contributed by atoms with Crippen LogP contribution in [-0.4, -0.2) is 24.0 Å². The molecule has 18 heavy (non-hydrogen) atoms. The van der Waals surface area contributed by atoms with E-state index in [1.54, 1.807) is 11.8 Å². The molecule has 0 aromatic heterocycles. The van der Waals surface area contributed by atoms with Gasteiger partial charge in [0, 0.05) is 23.6 Å². The SMILES string of the molecule is CSc1ccc(C(C)NC(CCO)C(C)C)cc1. The van der Waals surface area contributed by atoms with Gasteiger partial charge in [-0.05, 0) is 43.2 Å². The first kappa shape index (κ1) is 15.5. The van der Waals surface area contributed by atoms with Crippen LogP contribution in [0.2, 0.25) is 0 Å². The molecule has 0 heterocycles. The van der Waals surface area contributed by atoms with Gasteiger partial charge in [0.25, 0.3) is 0 Å². The van der Waals surface area contributed by atoms with Gasteiger partial charge in [0.05, 0.1) is 0 Å². The Kier molecular flexibility index (Phi) is 6.76. The minimum Gasteiger partial charge on any atom is -0.396 e. The summed E-state index contributed by atoms with van der Waals surface area (Å²) in [5.41, 5.74) is 1.30. The third-order valence-corrected chi connectivity index (χ3v) is 4.07. The van der Waals surface area contributed by atoms with Crippen molar-refractivity contribution in [2.75, 3.05) is 12.9 Å². The van der Waals surface area contributed by atoms with E-state index in [-0.39, 0.29) is 6.61 Å². The van der Waals surface area contributed by atoms with Crippen molar-refractivity contribution >= 4 is 11.8 Å². The molecule has 0 amide bonds. The maximum Gasteiger partial charge on any atom is 0.0445 e. The molecule has 2 nitrogen and oxygen atoms in total. The van der Waals surface area contributed by atoms with Crippen LogP contribution in [0.4, 0.5) is 0 Å². The van der Waals surface area contributed by atoms with Crippen molar-refractivity contribution < 1.29 is 5.11 Å². The van der Waals surface area contributed by atoms with Crippen LogP contribution in [0.1, 0.15) is 38.8 Å². The Labute approximate surface area is 115 Å². The first-order valence-corrected chi connectivity index (χ1v) is 7.81. The van der Waals surface area contributed by atoms with Gasteiger partial charge in [0.15, 0.2) is 0 Å². The lowest BCUT2D eigenvalue weighted by atomic mass is 9.99. The van der Waals surface area contributed by atoms with Crippen LogP contribution in [0.5, 0.6) is 0 Å². The van der Waals surface area contributed by atoms with Crippen molar-refractivity contribution in [3.8, 4) is 0 Å². The topological polar surface area (TPSA) is 32.3 Å². The summed E-state index contributed by atoms with van der Waals surface area (Å²) < 4.78 is 0. The highest BCUT2D eigenvalue weighted by Crippen LogP contribution is 2.20. The van der Waals surface area contributed by atoms with Gasteiger partial charge in [-0.3, -0.25) is 0 Å². The second-order valence-electron chi connectivity index (χ2n) is 5.02. The minimum atomic E-state index is 0.244. The van der Waals surface area contributed by atoms with Gasteiger partial charge in [-0.25, -0.2) is 0 Å². The second-order valence-corrected chi connectivity index (χ2v) is 5.90. The summed E-state index contributed by atoms with van der Waals surface area (Å²) in [6.45, 7) is 6.81. The predicted molar refractivity (Wildman–Crippen MR) is 80.1 cm³/mol. The highest BCUT2D eigenvalue weighted by atomic mass is 32.2. The molecule has 0 spiro atoms. The van der Waals surface area contributed by atoms with E-state index in [2.05, 4.69) is 56.6 Å². The Morgan fingerprint density at radius 1 is 1.17 bits per heavy atom. The summed E-state index contributed by atoms with van der Waals surface area (Å²) in [4.78, 5) is 1.29. The van der Waals surface area contributed by atoms with Crippen LogP contribution in [-0.2, 0) is 0 Å². The lowest BCUT2D eigenvalue weighted by Gasteiger charge is -2.26. The van der Waals surface area contributed by atoms with Gasteiger partial charge in [0.2, 0.25) is 0 Å². The fourth-order valence-electron chi connectivity index (χ4n) is 2.06. The molecule has 0 bridgehead atoms. The first-order valence-electron chi connectivity index (χ1n) is 6.59. The second kappa shape index (κ2) is 7.82. The largest absolute Gasteiger partial charge is 0.396 e. The Balaban J connectivity index is 2.64. The van der Waals surface area contributed by atoms with E-state index >= 15 is 0 Å². The van der Waals surface area contributed by atoms with Crippen LogP contribution in [0.3, 0.4) is 0 Å². The van der Waals surface area contributed by atoms with Crippen molar-refractivity contribution in [2.45, 2.75) is 44.2 Å². The highest BCUT2D eigenvalue weighted by Gasteiger charge is 2.16. The zero-order valence-electron chi connectivity index (χ0n) is 11.8. The number of thioether (sulfide) groups is 1. The standard InChI is InChI=1S/C15H25NOS/c1-11(2)15(9-10-17)16-12(3)13-5-7-14(18-4)8-6-13/h5-8,11-12,15-17H,9-10H2,1-4H3. The van der Waals surface area contributed by atoms with E-state index in [0.29, 0.717) is 18.0 Å². The number of aliphatic hydroxyl groups excluding tert-OH is 1. The number of benzene rings is 1. The molecule has 3 heteroatoms. The Bertz CT molecular complexity index is 337. The third kappa shape index (κ3) is 4.63. The fourth-order valence-corrected chi connectivity index (χ4v) is 2.47. The van der Waals surface area contributed by atoms with Crippen molar-refractivity contribution in [3.63, 3.8) is 0 Å². The quantitative estimate of drug-likeness (QED) is 0.742. The number of aliphatic hydroxyl groups is 1. The molecule has 2 atom stereocenters. The molecule has 0 aliphatic rings. The highest BCUT2D eigenvalue weighted by molar-refractivity contribution is 7.98. The van der Waals surface area contributed by atoms with Crippen molar-refractivity contribution in [1.82, 2.24) is 5.32 Å². The Morgan fingerprint density at radius 3 is 2.22 bits per heavy atom. The smallest absolute Gasteiger partial charge is 0.0445 e. The third-order valence-electron chi connectivity index (χ3n) is 3.32. The van der Waals surface area contributed by atoms with E-state index in [0.717, 1.165) is 6.42 Å². The van der Waals surface area contributed by atoms with Crippen LogP contribution in [0.15, 0.2) is 29.2 Å². The summed E-state index contributed by atoms with van der Waals surface area (Å²) >= 11 is 1.76. The van der Waals surface area contributed by atoms with Crippen molar-refractivity contribution in [1.29, 1.82) is 0 Å². The molecule has 0 radical (unpaired) electrons. The molecule has 1 aromatic carbocycles. The summed E-state index contributed by atoms with van der Waals surface area (Å²) in [5, 5.41) is 12.7. The summed E-state index contributed by atoms with van der Waals surface area (Å²) in [5.74, 6) is 0.532. The predicted octanol–water partition coefficient (Wildman–Crippen LogP) is 3.47. The van der Waals surface area contributed by atoms with Gasteiger partial charge >= 0.3 is 0 Å². The lowest BCUT2D eigenvalue weighted by Crippen LogP contribution is -2.36. The summed E-state index contributed by atoms with van der Waals surface area (Å²) in [6.07, 6.45) is 2.90. The molecule has 0 aliphatic heterocycles. The average Bonchev–Trinajstić information content (AvgIpc) is 2.38. The monoisotopic (exact) mass is 267 g/mol. The maximum absolute atomic E-state index is 9.09. The zero-order valence-corrected chi connectivity index (χ0v) is 12.6. The summed E-state index contributed by atoms with van der Waals surface area (Å²) in [7, 11) is 0. The molecule has 1 rings (SSSR count). The Hall–Kier alpha value is -0.510. The Morgan fingerprint density at radius 2 is 1.78 bits per heavy atom. The molecular formula is C15H25NOS. The molecule has 0 saturated carbocycles. The normalized spacial score (nSPS) is 14.8. The molecule has 2 N–H and O–H groups in total. The minimum absolute atomic E-state index is 0.244. The van der Waals surface area contributed by atoms with Gasteiger partial charge < -0.3 is 10.4 Å². The molecule has 0 aliphatic carbocycles. The molecule has 2 unspecified atom stereocenters.